The zero-order valence-corrected chi connectivity index (χ0v) is 9.66. The number of halogens is 3. The van der Waals surface area contributed by atoms with Crippen LogP contribution in [0.25, 0.3) is 0 Å². The summed E-state index contributed by atoms with van der Waals surface area (Å²) in [5.41, 5.74) is 6.23. The van der Waals surface area contributed by atoms with E-state index in [1.807, 2.05) is 13.0 Å². The quantitative estimate of drug-likeness (QED) is 0.877. The van der Waals surface area contributed by atoms with E-state index in [-0.39, 0.29) is 24.3 Å². The molecule has 1 aromatic carbocycles. The topological polar surface area (TPSA) is 26.0 Å². The van der Waals surface area contributed by atoms with E-state index in [4.69, 9.17) is 5.73 Å². The molecule has 1 nitrogen and oxygen atoms in total. The largest absolute Gasteiger partial charge is 0.328 e. The summed E-state index contributed by atoms with van der Waals surface area (Å²) < 4.78 is 13.9. The molecule has 1 aromatic rings. The lowest BCUT2D eigenvalue weighted by Crippen LogP contribution is -2.18. The Hall–Kier alpha value is -0.120. The van der Waals surface area contributed by atoms with Crippen LogP contribution in [-0.2, 0) is 6.42 Å². The van der Waals surface area contributed by atoms with Crippen molar-refractivity contribution in [1.82, 2.24) is 0 Å². The van der Waals surface area contributed by atoms with Gasteiger partial charge >= 0.3 is 0 Å². The maximum atomic E-state index is 13.1. The fourth-order valence-corrected chi connectivity index (χ4v) is 1.37. The van der Waals surface area contributed by atoms with E-state index in [2.05, 4.69) is 15.9 Å². The van der Waals surface area contributed by atoms with Crippen LogP contribution in [0.1, 0.15) is 12.5 Å². The standard InChI is InChI=1S/C9H11BrFN.ClH/c1-6(12)4-7-2-3-8(10)5-9(7)11;/h2-3,5-6H,4,12H2,1H3;1H. The van der Waals surface area contributed by atoms with Crippen LogP contribution >= 0.6 is 28.3 Å². The summed E-state index contributed by atoms with van der Waals surface area (Å²) in [6.45, 7) is 1.86. The highest BCUT2D eigenvalue weighted by Gasteiger charge is 2.04. The minimum atomic E-state index is -0.193. The molecule has 0 aliphatic heterocycles. The minimum absolute atomic E-state index is 0. The normalized spacial score (nSPS) is 12.0. The second-order valence-electron chi connectivity index (χ2n) is 2.92. The molecule has 0 saturated heterocycles. The summed E-state index contributed by atoms with van der Waals surface area (Å²) in [5, 5.41) is 0. The first kappa shape index (κ1) is 12.9. The smallest absolute Gasteiger partial charge is 0.127 e. The average molecular weight is 269 g/mol. The van der Waals surface area contributed by atoms with Crippen molar-refractivity contribution in [3.63, 3.8) is 0 Å². The first-order chi connectivity index (χ1) is 5.59. The number of hydrogen-bond donors (Lipinski definition) is 1. The Bertz CT molecular complexity index is 278. The Kier molecular flexibility index (Phi) is 5.53. The number of benzene rings is 1. The zero-order valence-electron chi connectivity index (χ0n) is 7.26. The highest BCUT2D eigenvalue weighted by atomic mass is 79.9. The summed E-state index contributed by atoms with van der Waals surface area (Å²) in [5.74, 6) is -0.193. The molecule has 74 valence electrons. The van der Waals surface area contributed by atoms with Crippen molar-refractivity contribution >= 4 is 28.3 Å². The Morgan fingerprint density at radius 3 is 2.62 bits per heavy atom. The average Bonchev–Trinajstić information content (AvgIpc) is 1.94. The van der Waals surface area contributed by atoms with Gasteiger partial charge in [-0.1, -0.05) is 22.0 Å². The minimum Gasteiger partial charge on any atom is -0.328 e. The van der Waals surface area contributed by atoms with Crippen molar-refractivity contribution in [1.29, 1.82) is 0 Å². The van der Waals surface area contributed by atoms with Gasteiger partial charge in [-0.15, -0.1) is 12.4 Å². The number of hydrogen-bond acceptors (Lipinski definition) is 1. The molecule has 0 heterocycles. The molecule has 0 spiro atoms. The molecular formula is C9H12BrClFN. The molecule has 0 aliphatic rings. The van der Waals surface area contributed by atoms with Crippen LogP contribution in [0, 0.1) is 5.82 Å². The van der Waals surface area contributed by atoms with Gasteiger partial charge in [0.2, 0.25) is 0 Å². The molecular weight excluding hydrogens is 256 g/mol. The molecule has 0 saturated carbocycles. The van der Waals surface area contributed by atoms with Gasteiger partial charge in [0.25, 0.3) is 0 Å². The molecule has 13 heavy (non-hydrogen) atoms. The van der Waals surface area contributed by atoms with Gasteiger partial charge < -0.3 is 5.73 Å². The van der Waals surface area contributed by atoms with Crippen LogP contribution in [0.4, 0.5) is 4.39 Å². The molecule has 0 fully saturated rings. The van der Waals surface area contributed by atoms with Crippen LogP contribution < -0.4 is 5.73 Å². The predicted molar refractivity (Wildman–Crippen MR) is 58.7 cm³/mol. The molecule has 0 radical (unpaired) electrons. The third-order valence-electron chi connectivity index (χ3n) is 1.56. The highest BCUT2D eigenvalue weighted by Crippen LogP contribution is 2.15. The summed E-state index contributed by atoms with van der Waals surface area (Å²) in [4.78, 5) is 0. The fourth-order valence-electron chi connectivity index (χ4n) is 1.03. The van der Waals surface area contributed by atoms with Crippen molar-refractivity contribution in [3.8, 4) is 0 Å². The molecule has 1 atom stereocenters. The van der Waals surface area contributed by atoms with Crippen LogP contribution in [0.2, 0.25) is 0 Å². The Labute approximate surface area is 92.1 Å². The first-order valence-electron chi connectivity index (χ1n) is 3.79. The molecule has 1 rings (SSSR count). The Morgan fingerprint density at radius 1 is 1.54 bits per heavy atom. The second-order valence-corrected chi connectivity index (χ2v) is 3.83. The molecule has 0 bridgehead atoms. The van der Waals surface area contributed by atoms with E-state index < -0.39 is 0 Å². The molecule has 4 heteroatoms. The van der Waals surface area contributed by atoms with Crippen LogP contribution in [-0.4, -0.2) is 6.04 Å². The second kappa shape index (κ2) is 5.58. The van der Waals surface area contributed by atoms with E-state index in [1.165, 1.54) is 6.07 Å². The monoisotopic (exact) mass is 267 g/mol. The van der Waals surface area contributed by atoms with Gasteiger partial charge in [0.15, 0.2) is 0 Å². The Balaban J connectivity index is 0.00000144. The fraction of sp³-hybridized carbons (Fsp3) is 0.333. The predicted octanol–water partition coefficient (Wildman–Crippen LogP) is 2.90. The maximum Gasteiger partial charge on any atom is 0.127 e. The van der Waals surface area contributed by atoms with Gasteiger partial charge in [0, 0.05) is 10.5 Å². The summed E-state index contributed by atoms with van der Waals surface area (Å²) in [7, 11) is 0. The van der Waals surface area contributed by atoms with Crippen molar-refractivity contribution in [2.45, 2.75) is 19.4 Å². The first-order valence-corrected chi connectivity index (χ1v) is 4.58. The van der Waals surface area contributed by atoms with E-state index in [9.17, 15) is 4.39 Å². The van der Waals surface area contributed by atoms with Crippen molar-refractivity contribution < 1.29 is 4.39 Å². The van der Waals surface area contributed by atoms with Crippen molar-refractivity contribution in [2.24, 2.45) is 5.73 Å². The lowest BCUT2D eigenvalue weighted by atomic mass is 10.1. The zero-order chi connectivity index (χ0) is 9.14. The van der Waals surface area contributed by atoms with E-state index in [0.717, 1.165) is 4.47 Å². The van der Waals surface area contributed by atoms with E-state index in [0.29, 0.717) is 12.0 Å². The van der Waals surface area contributed by atoms with Gasteiger partial charge in [-0.05, 0) is 31.0 Å². The van der Waals surface area contributed by atoms with Gasteiger partial charge in [-0.3, -0.25) is 0 Å². The van der Waals surface area contributed by atoms with Crippen molar-refractivity contribution in [2.75, 3.05) is 0 Å². The number of nitrogens with two attached hydrogens (primary N) is 1. The molecule has 0 aromatic heterocycles. The molecule has 0 amide bonds. The lowest BCUT2D eigenvalue weighted by Gasteiger charge is -2.06. The molecule has 2 N–H and O–H groups in total. The summed E-state index contributed by atoms with van der Waals surface area (Å²) in [6.07, 6.45) is 0.582. The third-order valence-corrected chi connectivity index (χ3v) is 2.05. The van der Waals surface area contributed by atoms with Crippen LogP contribution in [0.3, 0.4) is 0 Å². The third kappa shape index (κ3) is 4.07. The maximum absolute atomic E-state index is 13.1. The summed E-state index contributed by atoms with van der Waals surface area (Å²) >= 11 is 3.19. The Morgan fingerprint density at radius 2 is 2.15 bits per heavy atom. The van der Waals surface area contributed by atoms with Gasteiger partial charge in [0.1, 0.15) is 5.82 Å². The molecule has 0 aliphatic carbocycles. The van der Waals surface area contributed by atoms with Crippen LogP contribution in [0.15, 0.2) is 22.7 Å². The SMILES string of the molecule is CC(N)Cc1ccc(Br)cc1F.Cl. The summed E-state index contributed by atoms with van der Waals surface area (Å²) in [6, 6.07) is 5.03. The lowest BCUT2D eigenvalue weighted by molar-refractivity contribution is 0.595. The van der Waals surface area contributed by atoms with E-state index in [1.54, 1.807) is 6.07 Å². The molecule has 1 unspecified atom stereocenters. The van der Waals surface area contributed by atoms with Gasteiger partial charge in [0.05, 0.1) is 0 Å². The van der Waals surface area contributed by atoms with Gasteiger partial charge in [-0.2, -0.15) is 0 Å². The van der Waals surface area contributed by atoms with E-state index >= 15 is 0 Å². The van der Waals surface area contributed by atoms with Gasteiger partial charge in [-0.25, -0.2) is 4.39 Å². The number of rotatable bonds is 2. The highest BCUT2D eigenvalue weighted by molar-refractivity contribution is 9.10. The van der Waals surface area contributed by atoms with Crippen molar-refractivity contribution in [3.05, 3.63) is 34.1 Å². The van der Waals surface area contributed by atoms with Crippen LogP contribution in [0.5, 0.6) is 0 Å².